The third-order valence-electron chi connectivity index (χ3n) is 4.01. The average molecular weight is 296 g/mol. The number of benzene rings is 1. The Bertz CT molecular complexity index is 519. The van der Waals surface area contributed by atoms with Gasteiger partial charge in [0.05, 0.1) is 4.90 Å². The van der Waals surface area contributed by atoms with Crippen LogP contribution in [0.2, 0.25) is 0 Å². The molecule has 1 aliphatic rings. The Balaban J connectivity index is 2.23. The Morgan fingerprint density at radius 2 is 1.80 bits per heavy atom. The third kappa shape index (κ3) is 3.22. The normalized spacial score (nSPS) is 16.9. The molecule has 1 aromatic rings. The minimum atomic E-state index is -3.36. The van der Waals surface area contributed by atoms with E-state index in [4.69, 9.17) is 5.73 Å². The molecule has 0 aliphatic heterocycles. The molecule has 1 fully saturated rings. The molecule has 112 valence electrons. The van der Waals surface area contributed by atoms with Gasteiger partial charge in [0, 0.05) is 12.6 Å². The minimum absolute atomic E-state index is 0.175. The van der Waals surface area contributed by atoms with Crippen LogP contribution in [0.1, 0.15) is 38.2 Å². The SMILES string of the molecule is CCN(C1CCCC1)S(=O)(=O)c1ccc(CCN)cc1. The van der Waals surface area contributed by atoms with E-state index < -0.39 is 10.0 Å². The molecule has 5 heteroatoms. The molecule has 1 saturated carbocycles. The van der Waals surface area contributed by atoms with Crippen molar-refractivity contribution in [3.8, 4) is 0 Å². The summed E-state index contributed by atoms with van der Waals surface area (Å²) >= 11 is 0. The molecular weight excluding hydrogens is 272 g/mol. The van der Waals surface area contributed by atoms with E-state index in [2.05, 4.69) is 0 Å². The number of nitrogens with two attached hydrogens (primary N) is 1. The fraction of sp³-hybridized carbons (Fsp3) is 0.600. The third-order valence-corrected chi connectivity index (χ3v) is 6.05. The van der Waals surface area contributed by atoms with E-state index in [9.17, 15) is 8.42 Å². The van der Waals surface area contributed by atoms with Crippen molar-refractivity contribution in [2.75, 3.05) is 13.1 Å². The number of hydrogen-bond donors (Lipinski definition) is 1. The average Bonchev–Trinajstić information content (AvgIpc) is 2.94. The van der Waals surface area contributed by atoms with Gasteiger partial charge in [0.2, 0.25) is 10.0 Å². The van der Waals surface area contributed by atoms with Crippen molar-refractivity contribution in [1.82, 2.24) is 4.31 Å². The lowest BCUT2D eigenvalue weighted by Gasteiger charge is -2.26. The molecule has 0 amide bonds. The maximum atomic E-state index is 12.7. The Kier molecular flexibility index (Phi) is 5.18. The van der Waals surface area contributed by atoms with Crippen molar-refractivity contribution in [2.45, 2.75) is 50.0 Å². The van der Waals surface area contributed by atoms with Crippen LogP contribution < -0.4 is 5.73 Å². The van der Waals surface area contributed by atoms with Gasteiger partial charge in [-0.1, -0.05) is 31.9 Å². The largest absolute Gasteiger partial charge is 0.330 e. The summed E-state index contributed by atoms with van der Waals surface area (Å²) in [7, 11) is -3.36. The molecule has 0 bridgehead atoms. The van der Waals surface area contributed by atoms with Gasteiger partial charge in [-0.15, -0.1) is 0 Å². The number of nitrogens with zero attached hydrogens (tertiary/aromatic N) is 1. The highest BCUT2D eigenvalue weighted by Crippen LogP contribution is 2.28. The highest BCUT2D eigenvalue weighted by Gasteiger charge is 2.31. The second kappa shape index (κ2) is 6.70. The molecule has 2 rings (SSSR count). The molecule has 4 nitrogen and oxygen atoms in total. The van der Waals surface area contributed by atoms with E-state index in [0.717, 1.165) is 37.7 Å². The Hall–Kier alpha value is -0.910. The summed E-state index contributed by atoms with van der Waals surface area (Å²) in [5, 5.41) is 0. The maximum absolute atomic E-state index is 12.7. The fourth-order valence-corrected chi connectivity index (χ4v) is 4.64. The quantitative estimate of drug-likeness (QED) is 0.875. The van der Waals surface area contributed by atoms with Crippen LogP contribution in [0.3, 0.4) is 0 Å². The van der Waals surface area contributed by atoms with Crippen molar-refractivity contribution in [2.24, 2.45) is 5.73 Å². The van der Waals surface area contributed by atoms with Crippen LogP contribution >= 0.6 is 0 Å². The molecule has 0 radical (unpaired) electrons. The maximum Gasteiger partial charge on any atom is 0.243 e. The lowest BCUT2D eigenvalue weighted by molar-refractivity contribution is 0.335. The van der Waals surface area contributed by atoms with Gasteiger partial charge in [0.25, 0.3) is 0 Å². The first-order valence-electron chi connectivity index (χ1n) is 7.40. The highest BCUT2D eigenvalue weighted by molar-refractivity contribution is 7.89. The first kappa shape index (κ1) is 15.5. The first-order valence-corrected chi connectivity index (χ1v) is 8.84. The van der Waals surface area contributed by atoms with Gasteiger partial charge >= 0.3 is 0 Å². The summed E-state index contributed by atoms with van der Waals surface area (Å²) in [6.07, 6.45) is 5.01. The van der Waals surface area contributed by atoms with Crippen molar-refractivity contribution in [1.29, 1.82) is 0 Å². The van der Waals surface area contributed by atoms with Gasteiger partial charge in [0.15, 0.2) is 0 Å². The predicted octanol–water partition coefficient (Wildman–Crippen LogP) is 2.14. The molecule has 0 atom stereocenters. The van der Waals surface area contributed by atoms with Gasteiger partial charge in [-0.2, -0.15) is 4.31 Å². The molecule has 1 aliphatic carbocycles. The number of sulfonamides is 1. The highest BCUT2D eigenvalue weighted by atomic mass is 32.2. The molecule has 0 saturated heterocycles. The molecule has 0 heterocycles. The van der Waals surface area contributed by atoms with Gasteiger partial charge in [-0.25, -0.2) is 8.42 Å². The summed E-state index contributed by atoms with van der Waals surface area (Å²) in [6, 6.07) is 7.31. The summed E-state index contributed by atoms with van der Waals surface area (Å²) < 4.78 is 27.1. The zero-order chi connectivity index (χ0) is 14.6. The summed E-state index contributed by atoms with van der Waals surface area (Å²) in [6.45, 7) is 3.03. The van der Waals surface area contributed by atoms with Crippen LogP contribution in [0.25, 0.3) is 0 Å². The lowest BCUT2D eigenvalue weighted by atomic mass is 10.2. The lowest BCUT2D eigenvalue weighted by Crippen LogP contribution is -2.38. The summed E-state index contributed by atoms with van der Waals surface area (Å²) in [5.74, 6) is 0. The fourth-order valence-electron chi connectivity index (χ4n) is 2.95. The Morgan fingerprint density at radius 1 is 1.20 bits per heavy atom. The predicted molar refractivity (Wildman–Crippen MR) is 81.0 cm³/mol. The minimum Gasteiger partial charge on any atom is -0.330 e. The smallest absolute Gasteiger partial charge is 0.243 e. The topological polar surface area (TPSA) is 63.4 Å². The van der Waals surface area contributed by atoms with Crippen LogP contribution in [-0.2, 0) is 16.4 Å². The van der Waals surface area contributed by atoms with Crippen molar-refractivity contribution in [3.05, 3.63) is 29.8 Å². The van der Waals surface area contributed by atoms with Gasteiger partial charge in [0.1, 0.15) is 0 Å². The molecule has 1 aromatic carbocycles. The van der Waals surface area contributed by atoms with Crippen LogP contribution in [0.15, 0.2) is 29.2 Å². The van der Waals surface area contributed by atoms with Gasteiger partial charge in [-0.05, 0) is 43.5 Å². The standard InChI is InChI=1S/C15H24N2O2S/c1-2-17(14-5-3-4-6-14)20(18,19)15-9-7-13(8-10-15)11-12-16/h7-10,14H,2-6,11-12,16H2,1H3. The molecule has 0 spiro atoms. The number of hydrogen-bond acceptors (Lipinski definition) is 3. The van der Waals surface area contributed by atoms with Crippen LogP contribution in [0.4, 0.5) is 0 Å². The molecule has 0 aromatic heterocycles. The van der Waals surface area contributed by atoms with E-state index >= 15 is 0 Å². The van der Waals surface area contributed by atoms with E-state index in [1.165, 1.54) is 0 Å². The van der Waals surface area contributed by atoms with Crippen molar-refractivity contribution in [3.63, 3.8) is 0 Å². The zero-order valence-electron chi connectivity index (χ0n) is 12.1. The summed E-state index contributed by atoms with van der Waals surface area (Å²) in [5.41, 5.74) is 6.59. The molecule has 20 heavy (non-hydrogen) atoms. The zero-order valence-corrected chi connectivity index (χ0v) is 12.9. The second-order valence-corrected chi connectivity index (χ2v) is 7.22. The molecule has 0 unspecified atom stereocenters. The van der Waals surface area contributed by atoms with Crippen molar-refractivity contribution >= 4 is 10.0 Å². The molecular formula is C15H24N2O2S. The van der Waals surface area contributed by atoms with E-state index in [1.54, 1.807) is 16.4 Å². The van der Waals surface area contributed by atoms with Gasteiger partial charge in [-0.3, -0.25) is 0 Å². The Labute approximate surface area is 122 Å². The van der Waals surface area contributed by atoms with Crippen LogP contribution in [-0.4, -0.2) is 31.9 Å². The Morgan fingerprint density at radius 3 is 2.30 bits per heavy atom. The number of rotatable bonds is 6. The first-order chi connectivity index (χ1) is 9.59. The molecule has 2 N–H and O–H groups in total. The van der Waals surface area contributed by atoms with Gasteiger partial charge < -0.3 is 5.73 Å². The van der Waals surface area contributed by atoms with E-state index in [0.29, 0.717) is 18.0 Å². The second-order valence-electron chi connectivity index (χ2n) is 5.33. The van der Waals surface area contributed by atoms with Crippen LogP contribution in [0, 0.1) is 0 Å². The monoisotopic (exact) mass is 296 g/mol. The van der Waals surface area contributed by atoms with E-state index in [1.807, 2.05) is 19.1 Å². The van der Waals surface area contributed by atoms with Crippen molar-refractivity contribution < 1.29 is 8.42 Å². The van der Waals surface area contributed by atoms with E-state index in [-0.39, 0.29) is 6.04 Å². The summed E-state index contributed by atoms with van der Waals surface area (Å²) in [4.78, 5) is 0.395. The van der Waals surface area contributed by atoms with Crippen LogP contribution in [0.5, 0.6) is 0 Å².